The summed E-state index contributed by atoms with van der Waals surface area (Å²) in [6.07, 6.45) is 1.55. The molecule has 9 rings (SSSR count). The molecule has 0 amide bonds. The third-order valence-corrected chi connectivity index (χ3v) is 12.5. The minimum Gasteiger partial charge on any atom is -0.507 e. The Hall–Kier alpha value is -6.35. The summed E-state index contributed by atoms with van der Waals surface area (Å²) in [5.74, 6) is -2.37. The number of pyridine rings is 1. The third-order valence-electron chi connectivity index (χ3n) is 12.5. The average molecular weight is 1080 g/mol. The van der Waals surface area contributed by atoms with E-state index < -0.39 is 42.2 Å². The average Bonchev–Trinajstić information content (AvgIpc) is 3.91. The molecule has 0 radical (unpaired) electrons. The number of aryl methyl sites for hydroxylation is 1. The Bertz CT molecular complexity index is 3760. The first-order valence-electron chi connectivity index (χ1n) is 27.7. The summed E-state index contributed by atoms with van der Waals surface area (Å²) < 4.78 is 89.8. The Morgan fingerprint density at radius 2 is 1.32 bits per heavy atom. The molecule has 0 atom stereocenters. The van der Waals surface area contributed by atoms with Crippen molar-refractivity contribution in [3.05, 3.63) is 192 Å². The summed E-state index contributed by atoms with van der Waals surface area (Å²) in [5.41, 5.74) is 9.68. The molecular weight excluding hydrogens is 1010 g/mol. The molecular formula is C63H62N3OPt-. The first-order chi connectivity index (χ1) is 35.8. The molecule has 5 heteroatoms. The van der Waals surface area contributed by atoms with E-state index in [0.717, 1.165) is 16.7 Å². The van der Waals surface area contributed by atoms with Crippen molar-refractivity contribution in [2.24, 2.45) is 0 Å². The fourth-order valence-corrected chi connectivity index (χ4v) is 8.64. The number of benzene rings is 7. The number of hydrogen-bond donors (Lipinski definition) is 1. The van der Waals surface area contributed by atoms with E-state index in [1.165, 1.54) is 0 Å². The number of aromatic nitrogens is 3. The Morgan fingerprint density at radius 3 is 1.99 bits per heavy atom. The molecule has 4 nitrogen and oxygen atoms in total. The first-order valence-corrected chi connectivity index (χ1v) is 22.7. The molecule has 0 saturated heterocycles. The molecule has 2 heterocycles. The van der Waals surface area contributed by atoms with Crippen LogP contribution < -0.4 is 0 Å². The van der Waals surface area contributed by atoms with Gasteiger partial charge in [-0.1, -0.05) is 189 Å². The van der Waals surface area contributed by atoms with E-state index in [9.17, 15) is 7.85 Å². The molecule has 0 aliphatic carbocycles. The zero-order valence-corrected chi connectivity index (χ0v) is 42.5. The van der Waals surface area contributed by atoms with Gasteiger partial charge in [0.15, 0.2) is 0 Å². The van der Waals surface area contributed by atoms with Gasteiger partial charge in [-0.3, -0.25) is 9.55 Å². The topological polar surface area (TPSA) is 50.9 Å². The first kappa shape index (κ1) is 36.7. The van der Waals surface area contributed by atoms with Crippen LogP contribution in [-0.4, -0.2) is 19.6 Å². The normalized spacial score (nSPS) is 14.6. The second-order valence-electron chi connectivity index (χ2n) is 19.8. The van der Waals surface area contributed by atoms with Gasteiger partial charge in [-0.25, -0.2) is 4.98 Å². The van der Waals surface area contributed by atoms with Crippen molar-refractivity contribution in [3.8, 4) is 78.6 Å². The van der Waals surface area contributed by atoms with E-state index in [2.05, 4.69) is 65.8 Å². The molecule has 346 valence electrons. The van der Waals surface area contributed by atoms with Crippen LogP contribution in [0.5, 0.6) is 5.75 Å². The van der Waals surface area contributed by atoms with Crippen molar-refractivity contribution < 1.29 is 39.9 Å². The van der Waals surface area contributed by atoms with Gasteiger partial charge in [0.05, 0.1) is 29.1 Å². The Labute approximate surface area is 432 Å². The van der Waals surface area contributed by atoms with Crippen molar-refractivity contribution in [2.45, 2.75) is 98.7 Å². The molecule has 2 aromatic heterocycles. The molecule has 0 unspecified atom stereocenters. The number of imidazole rings is 1. The fourth-order valence-electron chi connectivity index (χ4n) is 8.64. The van der Waals surface area contributed by atoms with Gasteiger partial charge in [-0.05, 0) is 110 Å². The van der Waals surface area contributed by atoms with Crippen molar-refractivity contribution in [2.75, 3.05) is 0 Å². The van der Waals surface area contributed by atoms with E-state index in [0.29, 0.717) is 72.5 Å². The van der Waals surface area contributed by atoms with E-state index in [-0.39, 0.29) is 66.8 Å². The predicted molar refractivity (Wildman–Crippen MR) is 282 cm³/mol. The van der Waals surface area contributed by atoms with Gasteiger partial charge in [0.2, 0.25) is 0 Å². The van der Waals surface area contributed by atoms with Crippen LogP contribution in [0.2, 0.25) is 0 Å². The molecule has 0 aliphatic heterocycles. The monoisotopic (exact) mass is 1080 g/mol. The van der Waals surface area contributed by atoms with Crippen LogP contribution in [0.1, 0.15) is 123 Å². The van der Waals surface area contributed by atoms with E-state index in [4.69, 9.17) is 20.9 Å². The summed E-state index contributed by atoms with van der Waals surface area (Å²) in [7, 11) is 0. The minimum atomic E-state index is -2.54. The van der Waals surface area contributed by atoms with Crippen molar-refractivity contribution in [3.63, 3.8) is 0 Å². The summed E-state index contributed by atoms with van der Waals surface area (Å²) in [5, 5.41) is 12.6. The quantitative estimate of drug-likeness (QED) is 0.147. The largest absolute Gasteiger partial charge is 0.507 e. The second kappa shape index (κ2) is 19.0. The molecule has 1 N–H and O–H groups in total. The number of rotatable bonds is 9. The minimum absolute atomic E-state index is 0. The maximum absolute atomic E-state index is 12.6. The number of phenolic OH excluding ortho intramolecular Hbond substituents is 1. The van der Waals surface area contributed by atoms with Gasteiger partial charge < -0.3 is 5.11 Å². The van der Waals surface area contributed by atoms with Crippen molar-refractivity contribution in [1.82, 2.24) is 14.5 Å². The SMILES string of the molecule is [2H]c1c([2H])c([2H])c(-c2ccnc(-c3[c-]c(-c4cccc5c4nc(-c4cc(C([2H])(C)C)cc(C([2H])(C)C)c4O)n5-c4cc(-c5ccccc5)c(C([2H])([2H])[2H])cc4-c4ccc(C(C)(C)C)cc4)cc(C(C)(C)C)c3)c2)c([2H])c1[2H].[Pt]. The zero-order valence-electron chi connectivity index (χ0n) is 50.2. The summed E-state index contributed by atoms with van der Waals surface area (Å²) in [6, 6.07) is 39.5. The second-order valence-corrected chi connectivity index (χ2v) is 19.8. The molecule has 0 spiro atoms. The summed E-state index contributed by atoms with van der Waals surface area (Å²) in [6.45, 7) is 17.1. The van der Waals surface area contributed by atoms with Gasteiger partial charge in [-0.2, -0.15) is 0 Å². The number of para-hydroxylation sites is 1. The molecule has 7 aromatic carbocycles. The molecule has 0 aliphatic rings. The van der Waals surface area contributed by atoms with Crippen LogP contribution in [-0.2, 0) is 31.9 Å². The standard InChI is InChI=1S/C63H62N3O.Pt/c1-39(2)46-35-52(40(3)4)60(67)55(36-46)61-65-59-51(47-32-48(34-50(33-47)63(9,10)11)56-37-45(29-30-64-56)42-19-14-12-15-20-42)23-18-24-57(59)66(61)58-38-53(43-21-16-13-17-22-43)41(5)31-54(58)44-25-27-49(28-26-44)62(6,7)8;/h12-31,33-40,67H,1-11H3;/q-1;/i5D3,12D,14D,15D,19D,20D,39D,40D;. The van der Waals surface area contributed by atoms with Crippen molar-refractivity contribution >= 4 is 11.0 Å². The smallest absolute Gasteiger partial charge is 0.148 e. The van der Waals surface area contributed by atoms with Crippen molar-refractivity contribution in [1.29, 1.82) is 0 Å². The molecule has 0 saturated carbocycles. The summed E-state index contributed by atoms with van der Waals surface area (Å²) in [4.78, 5) is 10.3. The van der Waals surface area contributed by atoms with Crippen LogP contribution in [0.4, 0.5) is 0 Å². The van der Waals surface area contributed by atoms with E-state index in [1.807, 2.05) is 77.4 Å². The molecule has 0 fully saturated rings. The zero-order chi connectivity index (χ0) is 56.1. The van der Waals surface area contributed by atoms with E-state index in [1.54, 1.807) is 64.2 Å². The van der Waals surface area contributed by atoms with Gasteiger partial charge >= 0.3 is 0 Å². The van der Waals surface area contributed by atoms with Crippen LogP contribution in [0, 0.1) is 12.9 Å². The van der Waals surface area contributed by atoms with Crippen LogP contribution >= 0.6 is 0 Å². The van der Waals surface area contributed by atoms with E-state index >= 15 is 0 Å². The molecule has 0 bridgehead atoms. The van der Waals surface area contributed by atoms with Gasteiger partial charge in [0.1, 0.15) is 11.6 Å². The Balaban J connectivity index is 0.00000803. The summed E-state index contributed by atoms with van der Waals surface area (Å²) >= 11 is 0. The Kier molecular flexibility index (Phi) is 10.2. The maximum Gasteiger partial charge on any atom is 0.148 e. The number of nitrogens with zero attached hydrogens (tertiary/aromatic N) is 3. The van der Waals surface area contributed by atoms with Gasteiger partial charge in [0, 0.05) is 45.4 Å². The molecule has 9 aromatic rings. The number of fused-ring (bicyclic) bond motifs is 1. The van der Waals surface area contributed by atoms with Crippen LogP contribution in [0.15, 0.2) is 158 Å². The maximum atomic E-state index is 12.6. The number of aromatic hydroxyl groups is 1. The van der Waals surface area contributed by atoms with Crippen LogP contribution in [0.3, 0.4) is 0 Å². The predicted octanol–water partition coefficient (Wildman–Crippen LogP) is 17.1. The third kappa shape index (κ3) is 9.41. The van der Waals surface area contributed by atoms with Crippen LogP contribution in [0.25, 0.3) is 83.9 Å². The van der Waals surface area contributed by atoms with Gasteiger partial charge in [0.25, 0.3) is 0 Å². The number of phenols is 1. The molecule has 68 heavy (non-hydrogen) atoms. The fraction of sp³-hybridized carbons (Fsp3) is 0.238. The van der Waals surface area contributed by atoms with Gasteiger partial charge in [-0.15, -0.1) is 29.3 Å². The number of hydrogen-bond acceptors (Lipinski definition) is 3. The Morgan fingerprint density at radius 1 is 0.632 bits per heavy atom.